The number of aliphatic hydroxyl groups is 1. The van der Waals surface area contributed by atoms with Gasteiger partial charge in [0.05, 0.1) is 30.3 Å². The Bertz CT molecular complexity index is 674. The van der Waals surface area contributed by atoms with Crippen LogP contribution in [-0.2, 0) is 11.2 Å². The van der Waals surface area contributed by atoms with Crippen LogP contribution in [0.15, 0.2) is 18.2 Å². The van der Waals surface area contributed by atoms with Crippen molar-refractivity contribution in [2.75, 3.05) is 19.6 Å². The monoisotopic (exact) mass is 355 g/mol. The van der Waals surface area contributed by atoms with E-state index >= 15 is 0 Å². The van der Waals surface area contributed by atoms with Crippen LogP contribution < -0.4 is 5.32 Å². The molecule has 2 aliphatic rings. The van der Waals surface area contributed by atoms with Gasteiger partial charge in [-0.05, 0) is 55.4 Å². The molecule has 1 amide bonds. The molecule has 0 saturated heterocycles. The molecule has 0 bridgehead atoms. The lowest BCUT2D eigenvalue weighted by Crippen LogP contribution is -2.47. The van der Waals surface area contributed by atoms with Crippen LogP contribution in [0.5, 0.6) is 0 Å². The van der Waals surface area contributed by atoms with Crippen LogP contribution in [0.2, 0.25) is 0 Å². The van der Waals surface area contributed by atoms with E-state index in [4.69, 9.17) is 0 Å². The summed E-state index contributed by atoms with van der Waals surface area (Å²) in [6.45, 7) is 3.11. The first-order valence-electron chi connectivity index (χ1n) is 9.81. The first-order valence-corrected chi connectivity index (χ1v) is 9.81. The molecule has 1 fully saturated rings. The molecule has 0 radical (unpaired) electrons. The maximum absolute atomic E-state index is 12.9. The average molecular weight is 355 g/mol. The van der Waals surface area contributed by atoms with Crippen LogP contribution in [-0.4, -0.2) is 41.7 Å². The molecule has 0 spiro atoms. The number of hydrogen-bond acceptors (Lipinski definition) is 4. The molecule has 5 nitrogen and oxygen atoms in total. The number of nitrogens with zero attached hydrogens (tertiary/aromatic N) is 2. The van der Waals surface area contributed by atoms with Gasteiger partial charge in [-0.2, -0.15) is 5.26 Å². The van der Waals surface area contributed by atoms with E-state index in [2.05, 4.69) is 17.5 Å². The zero-order valence-corrected chi connectivity index (χ0v) is 15.6. The smallest absolute Gasteiger partial charge is 0.237 e. The van der Waals surface area contributed by atoms with Gasteiger partial charge in [0.25, 0.3) is 0 Å². The molecule has 1 aromatic rings. The normalized spacial score (nSPS) is 21.7. The second-order valence-corrected chi connectivity index (χ2v) is 7.69. The number of aliphatic hydroxyl groups excluding tert-OH is 1. The first-order chi connectivity index (χ1) is 12.6. The number of nitrogens with one attached hydrogen (secondary N) is 1. The van der Waals surface area contributed by atoms with Crippen molar-refractivity contribution in [3.8, 4) is 6.07 Å². The summed E-state index contributed by atoms with van der Waals surface area (Å²) in [7, 11) is 0. The SMILES string of the molecule is C[C@@H](O)CNCC(=O)N1CCc2ccc(C#N)cc2C1C1CCCCC1. The van der Waals surface area contributed by atoms with Crippen LogP contribution in [0.1, 0.15) is 61.8 Å². The minimum atomic E-state index is -0.461. The van der Waals surface area contributed by atoms with Crippen LogP contribution in [0, 0.1) is 17.2 Å². The van der Waals surface area contributed by atoms with E-state index in [1.807, 2.05) is 17.0 Å². The van der Waals surface area contributed by atoms with E-state index in [1.165, 1.54) is 30.4 Å². The Morgan fingerprint density at radius 2 is 2.15 bits per heavy atom. The van der Waals surface area contributed by atoms with Crippen molar-refractivity contribution in [3.05, 3.63) is 34.9 Å². The van der Waals surface area contributed by atoms with Crippen molar-refractivity contribution in [2.45, 2.75) is 57.6 Å². The fourth-order valence-corrected chi connectivity index (χ4v) is 4.44. The number of rotatable bonds is 5. The molecule has 1 aliphatic carbocycles. The fourth-order valence-electron chi connectivity index (χ4n) is 4.44. The summed E-state index contributed by atoms with van der Waals surface area (Å²) in [5, 5.41) is 21.8. The second kappa shape index (κ2) is 8.66. The summed E-state index contributed by atoms with van der Waals surface area (Å²) >= 11 is 0. The van der Waals surface area contributed by atoms with Gasteiger partial charge in [0.15, 0.2) is 0 Å². The molecule has 3 rings (SSSR count). The van der Waals surface area contributed by atoms with Gasteiger partial charge >= 0.3 is 0 Å². The van der Waals surface area contributed by atoms with Gasteiger partial charge in [-0.1, -0.05) is 25.3 Å². The Balaban J connectivity index is 1.85. The molecule has 0 aromatic heterocycles. The van der Waals surface area contributed by atoms with Crippen molar-refractivity contribution in [1.82, 2.24) is 10.2 Å². The van der Waals surface area contributed by atoms with Gasteiger partial charge in [-0.3, -0.25) is 4.79 Å². The molecule has 26 heavy (non-hydrogen) atoms. The predicted molar refractivity (Wildman–Crippen MR) is 100 cm³/mol. The van der Waals surface area contributed by atoms with Gasteiger partial charge < -0.3 is 15.3 Å². The molecule has 1 saturated carbocycles. The Kier molecular flexibility index (Phi) is 6.29. The third-order valence-electron chi connectivity index (χ3n) is 5.68. The van der Waals surface area contributed by atoms with E-state index < -0.39 is 6.10 Å². The standard InChI is InChI=1S/C21H29N3O2/c1-15(25)13-23-14-20(26)24-10-9-17-8-7-16(12-22)11-19(17)21(24)18-5-3-2-4-6-18/h7-8,11,15,18,21,23,25H,2-6,9-10,13-14H2,1H3/t15-,21?/m1/s1. The van der Waals surface area contributed by atoms with E-state index in [0.29, 0.717) is 18.0 Å². The number of carbonyl (C=O) groups is 1. The maximum atomic E-state index is 12.9. The van der Waals surface area contributed by atoms with E-state index in [1.54, 1.807) is 6.92 Å². The van der Waals surface area contributed by atoms with Crippen molar-refractivity contribution in [2.24, 2.45) is 5.92 Å². The lowest BCUT2D eigenvalue weighted by atomic mass is 9.77. The summed E-state index contributed by atoms with van der Waals surface area (Å²) in [6, 6.07) is 8.28. The average Bonchev–Trinajstić information content (AvgIpc) is 2.66. The lowest BCUT2D eigenvalue weighted by molar-refractivity contribution is -0.134. The Labute approximate surface area is 156 Å². The summed E-state index contributed by atoms with van der Waals surface area (Å²) in [5.41, 5.74) is 3.12. The minimum Gasteiger partial charge on any atom is -0.392 e. The largest absolute Gasteiger partial charge is 0.392 e. The second-order valence-electron chi connectivity index (χ2n) is 7.69. The van der Waals surface area contributed by atoms with Gasteiger partial charge in [0.2, 0.25) is 5.91 Å². The van der Waals surface area contributed by atoms with Crippen molar-refractivity contribution in [3.63, 3.8) is 0 Å². The molecule has 2 atom stereocenters. The predicted octanol–water partition coefficient (Wildman–Crippen LogP) is 2.53. The summed E-state index contributed by atoms with van der Waals surface area (Å²) in [4.78, 5) is 14.9. The Morgan fingerprint density at radius 3 is 2.85 bits per heavy atom. The molecular weight excluding hydrogens is 326 g/mol. The third kappa shape index (κ3) is 4.25. The third-order valence-corrected chi connectivity index (χ3v) is 5.68. The van der Waals surface area contributed by atoms with Crippen LogP contribution >= 0.6 is 0 Å². The van der Waals surface area contributed by atoms with Gasteiger partial charge in [-0.15, -0.1) is 0 Å². The van der Waals surface area contributed by atoms with Crippen LogP contribution in [0.3, 0.4) is 0 Å². The summed E-state index contributed by atoms with van der Waals surface area (Å²) < 4.78 is 0. The zero-order chi connectivity index (χ0) is 18.5. The molecule has 1 aliphatic heterocycles. The van der Waals surface area contributed by atoms with Crippen LogP contribution in [0.25, 0.3) is 0 Å². The van der Waals surface area contributed by atoms with Crippen LogP contribution in [0.4, 0.5) is 0 Å². The van der Waals surface area contributed by atoms with Crippen molar-refractivity contribution >= 4 is 5.91 Å². The topological polar surface area (TPSA) is 76.4 Å². The molecule has 140 valence electrons. The van der Waals surface area contributed by atoms with Gasteiger partial charge in [-0.25, -0.2) is 0 Å². The zero-order valence-electron chi connectivity index (χ0n) is 15.6. The highest BCUT2D eigenvalue weighted by Crippen LogP contribution is 2.42. The summed E-state index contributed by atoms with van der Waals surface area (Å²) in [6.07, 6.45) is 6.38. The number of fused-ring (bicyclic) bond motifs is 1. The highest BCUT2D eigenvalue weighted by Gasteiger charge is 2.36. The number of carbonyl (C=O) groups excluding carboxylic acids is 1. The number of benzene rings is 1. The summed E-state index contributed by atoms with van der Waals surface area (Å²) in [5.74, 6) is 0.562. The Hall–Kier alpha value is -1.90. The fraction of sp³-hybridized carbons (Fsp3) is 0.619. The molecule has 1 aromatic carbocycles. The first kappa shape index (κ1) is 18.9. The molecule has 5 heteroatoms. The van der Waals surface area contributed by atoms with E-state index in [9.17, 15) is 15.2 Å². The van der Waals surface area contributed by atoms with Gasteiger partial charge in [0, 0.05) is 13.1 Å². The van der Waals surface area contributed by atoms with E-state index in [-0.39, 0.29) is 18.5 Å². The number of amides is 1. The molecule has 2 N–H and O–H groups in total. The molecule has 1 heterocycles. The number of nitriles is 1. The lowest BCUT2D eigenvalue weighted by Gasteiger charge is -2.43. The van der Waals surface area contributed by atoms with Crippen molar-refractivity contribution in [1.29, 1.82) is 5.26 Å². The van der Waals surface area contributed by atoms with Gasteiger partial charge in [0.1, 0.15) is 0 Å². The highest BCUT2D eigenvalue weighted by atomic mass is 16.3. The van der Waals surface area contributed by atoms with E-state index in [0.717, 1.165) is 25.8 Å². The highest BCUT2D eigenvalue weighted by molar-refractivity contribution is 5.79. The van der Waals surface area contributed by atoms with Crippen molar-refractivity contribution < 1.29 is 9.90 Å². The maximum Gasteiger partial charge on any atom is 0.237 e. The molecule has 1 unspecified atom stereocenters. The molecular formula is C21H29N3O2. The Morgan fingerprint density at radius 1 is 1.38 bits per heavy atom. The minimum absolute atomic E-state index is 0.0770. The number of hydrogen-bond donors (Lipinski definition) is 2. The quantitative estimate of drug-likeness (QED) is 0.851.